The van der Waals surface area contributed by atoms with Crippen LogP contribution in [-0.2, 0) is 4.84 Å². The maximum Gasteiger partial charge on any atom is 0.257 e. The van der Waals surface area contributed by atoms with Gasteiger partial charge < -0.3 is 4.84 Å². The summed E-state index contributed by atoms with van der Waals surface area (Å²) >= 11 is 1.44. The van der Waals surface area contributed by atoms with Gasteiger partial charge in [0.05, 0.1) is 6.21 Å². The highest BCUT2D eigenvalue weighted by atomic mass is 32.1. The van der Waals surface area contributed by atoms with E-state index in [0.717, 1.165) is 10.4 Å². The Morgan fingerprint density at radius 2 is 2.16 bits per heavy atom. The van der Waals surface area contributed by atoms with E-state index >= 15 is 0 Å². The highest BCUT2D eigenvalue weighted by Crippen LogP contribution is 2.17. The van der Waals surface area contributed by atoms with Gasteiger partial charge in [0, 0.05) is 16.6 Å². The number of thiazole rings is 1. The number of aryl methyl sites for hydroxylation is 1. The third kappa shape index (κ3) is 3.62. The summed E-state index contributed by atoms with van der Waals surface area (Å²) in [6.07, 6.45) is 3.30. The molecule has 0 fully saturated rings. The molecule has 1 aromatic carbocycles. The van der Waals surface area contributed by atoms with Crippen molar-refractivity contribution in [1.82, 2.24) is 4.98 Å². The van der Waals surface area contributed by atoms with Crippen LogP contribution in [0.4, 0.5) is 5.13 Å². The zero-order valence-corrected chi connectivity index (χ0v) is 11.4. The maximum absolute atomic E-state index is 11.9. The van der Waals surface area contributed by atoms with Crippen LogP contribution in [0.5, 0.6) is 0 Å². The number of nitrogens with one attached hydrogen (secondary N) is 1. The molecule has 0 saturated carbocycles. The Morgan fingerprint density at radius 3 is 2.74 bits per heavy atom. The van der Waals surface area contributed by atoms with E-state index in [9.17, 15) is 4.79 Å². The second-order valence-corrected chi connectivity index (χ2v) is 5.00. The summed E-state index contributed by atoms with van der Waals surface area (Å²) in [5.74, 6) is -0.176. The van der Waals surface area contributed by atoms with Gasteiger partial charge in [0.15, 0.2) is 5.13 Å². The largest absolute Gasteiger partial charge is 0.399 e. The molecular weight excluding hydrogens is 262 g/mol. The zero-order chi connectivity index (χ0) is 13.7. The standard InChI is InChI=1S/C13H13N3O2S/c1-9-7-14-13(19-9)16-12(17)11-5-3-10(4-6-11)8-15-18-2/h3-8H,1-2H3,(H,14,16,17)/b15-8+. The number of carbonyl (C=O) groups is 1. The summed E-state index contributed by atoms with van der Waals surface area (Å²) in [5.41, 5.74) is 1.44. The van der Waals surface area contributed by atoms with Gasteiger partial charge in [0.2, 0.25) is 0 Å². The fourth-order valence-electron chi connectivity index (χ4n) is 1.42. The number of benzene rings is 1. The lowest BCUT2D eigenvalue weighted by Crippen LogP contribution is -2.11. The van der Waals surface area contributed by atoms with Crippen molar-refractivity contribution in [3.8, 4) is 0 Å². The van der Waals surface area contributed by atoms with Gasteiger partial charge in [-0.05, 0) is 24.6 Å². The molecule has 0 unspecified atom stereocenters. The van der Waals surface area contributed by atoms with Crippen molar-refractivity contribution < 1.29 is 9.63 Å². The fraction of sp³-hybridized carbons (Fsp3) is 0.154. The first-order valence-electron chi connectivity index (χ1n) is 5.59. The summed E-state index contributed by atoms with van der Waals surface area (Å²) in [6.45, 7) is 1.94. The van der Waals surface area contributed by atoms with Gasteiger partial charge >= 0.3 is 0 Å². The van der Waals surface area contributed by atoms with E-state index in [-0.39, 0.29) is 5.91 Å². The summed E-state index contributed by atoms with van der Waals surface area (Å²) in [7, 11) is 1.48. The van der Waals surface area contributed by atoms with Crippen LogP contribution in [0.1, 0.15) is 20.8 Å². The first-order chi connectivity index (χ1) is 9.19. The number of hydrogen-bond donors (Lipinski definition) is 1. The predicted octanol–water partition coefficient (Wildman–Crippen LogP) is 2.68. The van der Waals surface area contributed by atoms with E-state index in [1.165, 1.54) is 18.4 Å². The van der Waals surface area contributed by atoms with Crippen molar-refractivity contribution in [2.24, 2.45) is 5.16 Å². The highest BCUT2D eigenvalue weighted by molar-refractivity contribution is 7.15. The van der Waals surface area contributed by atoms with Crippen molar-refractivity contribution in [3.05, 3.63) is 46.5 Å². The second kappa shape index (κ2) is 6.10. The summed E-state index contributed by atoms with van der Waals surface area (Å²) in [5, 5.41) is 7.01. The lowest BCUT2D eigenvalue weighted by atomic mass is 10.1. The van der Waals surface area contributed by atoms with Crippen LogP contribution < -0.4 is 5.32 Å². The second-order valence-electron chi connectivity index (χ2n) is 3.77. The van der Waals surface area contributed by atoms with Crippen molar-refractivity contribution in [3.63, 3.8) is 0 Å². The summed E-state index contributed by atoms with van der Waals surface area (Å²) in [4.78, 5) is 21.7. The molecule has 0 aliphatic carbocycles. The Hall–Kier alpha value is -2.21. The monoisotopic (exact) mass is 275 g/mol. The van der Waals surface area contributed by atoms with Crippen LogP contribution in [0.2, 0.25) is 0 Å². The minimum atomic E-state index is -0.176. The van der Waals surface area contributed by atoms with Crippen LogP contribution in [0.15, 0.2) is 35.6 Å². The molecule has 0 atom stereocenters. The normalized spacial score (nSPS) is 10.6. The molecule has 0 spiro atoms. The Morgan fingerprint density at radius 1 is 1.42 bits per heavy atom. The minimum absolute atomic E-state index is 0.176. The van der Waals surface area contributed by atoms with Crippen molar-refractivity contribution in [2.45, 2.75) is 6.92 Å². The third-order valence-corrected chi connectivity index (χ3v) is 3.15. The summed E-state index contributed by atoms with van der Waals surface area (Å²) < 4.78 is 0. The number of hydrogen-bond acceptors (Lipinski definition) is 5. The van der Waals surface area contributed by atoms with Crippen molar-refractivity contribution >= 4 is 28.6 Å². The molecule has 0 aliphatic rings. The molecule has 5 nitrogen and oxygen atoms in total. The van der Waals surface area contributed by atoms with E-state index in [1.807, 2.05) is 6.92 Å². The number of nitrogens with zero attached hydrogens (tertiary/aromatic N) is 2. The lowest BCUT2D eigenvalue weighted by Gasteiger charge is -2.01. The smallest absolute Gasteiger partial charge is 0.257 e. The number of aromatic nitrogens is 1. The van der Waals surface area contributed by atoms with Gasteiger partial charge in [-0.3, -0.25) is 10.1 Å². The molecule has 19 heavy (non-hydrogen) atoms. The molecule has 1 heterocycles. The van der Waals surface area contributed by atoms with Crippen molar-refractivity contribution in [2.75, 3.05) is 12.4 Å². The molecule has 98 valence electrons. The number of rotatable bonds is 4. The number of amides is 1. The molecule has 0 radical (unpaired) electrons. The van der Waals surface area contributed by atoms with Crippen LogP contribution in [0, 0.1) is 6.92 Å². The number of oxime groups is 1. The molecule has 0 aliphatic heterocycles. The molecule has 2 aromatic rings. The Bertz CT molecular complexity index is 590. The highest BCUT2D eigenvalue weighted by Gasteiger charge is 2.07. The van der Waals surface area contributed by atoms with Gasteiger partial charge in [0.1, 0.15) is 7.11 Å². The van der Waals surface area contributed by atoms with E-state index in [1.54, 1.807) is 36.7 Å². The van der Waals surface area contributed by atoms with Gasteiger partial charge in [-0.15, -0.1) is 11.3 Å². The molecule has 1 amide bonds. The average molecular weight is 275 g/mol. The predicted molar refractivity (Wildman–Crippen MR) is 75.8 cm³/mol. The lowest BCUT2D eigenvalue weighted by molar-refractivity contribution is 0.102. The van der Waals surface area contributed by atoms with E-state index in [4.69, 9.17) is 0 Å². The SMILES string of the molecule is CO/N=C/c1ccc(C(=O)Nc2ncc(C)s2)cc1. The quantitative estimate of drug-likeness (QED) is 0.689. The molecule has 0 bridgehead atoms. The molecule has 1 aromatic heterocycles. The average Bonchev–Trinajstić information content (AvgIpc) is 2.82. The Balaban J connectivity index is 2.05. The third-order valence-electron chi connectivity index (χ3n) is 2.32. The van der Waals surface area contributed by atoms with Crippen LogP contribution in [-0.4, -0.2) is 24.2 Å². The molecular formula is C13H13N3O2S. The van der Waals surface area contributed by atoms with E-state index in [2.05, 4.69) is 20.3 Å². The van der Waals surface area contributed by atoms with Gasteiger partial charge in [-0.2, -0.15) is 0 Å². The molecule has 2 rings (SSSR count). The Labute approximate surface area is 114 Å². The first kappa shape index (κ1) is 13.2. The molecule has 6 heteroatoms. The van der Waals surface area contributed by atoms with E-state index in [0.29, 0.717) is 10.7 Å². The van der Waals surface area contributed by atoms with Crippen LogP contribution in [0.25, 0.3) is 0 Å². The maximum atomic E-state index is 11.9. The number of anilines is 1. The van der Waals surface area contributed by atoms with E-state index < -0.39 is 0 Å². The molecule has 1 N–H and O–H groups in total. The zero-order valence-electron chi connectivity index (χ0n) is 10.6. The van der Waals surface area contributed by atoms with Gasteiger partial charge in [-0.1, -0.05) is 17.3 Å². The van der Waals surface area contributed by atoms with Gasteiger partial charge in [0.25, 0.3) is 5.91 Å². The van der Waals surface area contributed by atoms with Crippen molar-refractivity contribution in [1.29, 1.82) is 0 Å². The number of carbonyl (C=O) groups excluding carboxylic acids is 1. The van der Waals surface area contributed by atoms with Crippen LogP contribution in [0.3, 0.4) is 0 Å². The fourth-order valence-corrected chi connectivity index (χ4v) is 2.08. The van der Waals surface area contributed by atoms with Crippen LogP contribution >= 0.6 is 11.3 Å². The summed E-state index contributed by atoms with van der Waals surface area (Å²) in [6, 6.07) is 7.05. The topological polar surface area (TPSA) is 63.6 Å². The van der Waals surface area contributed by atoms with Gasteiger partial charge in [-0.25, -0.2) is 4.98 Å². The Kier molecular flexibility index (Phi) is 4.25. The minimum Gasteiger partial charge on any atom is -0.399 e. The molecule has 0 saturated heterocycles. The first-order valence-corrected chi connectivity index (χ1v) is 6.41.